The lowest BCUT2D eigenvalue weighted by Crippen LogP contribution is -2.39. The lowest BCUT2D eigenvalue weighted by Gasteiger charge is -2.36. The van der Waals surface area contributed by atoms with E-state index in [9.17, 15) is 8.78 Å². The van der Waals surface area contributed by atoms with Gasteiger partial charge in [0, 0.05) is 24.7 Å². The fraction of sp³-hybridized carbons (Fsp3) is 0.600. The van der Waals surface area contributed by atoms with Crippen LogP contribution in [0.2, 0.25) is 0 Å². The molecule has 0 heterocycles. The molecule has 1 aromatic carbocycles. The molecule has 1 aliphatic carbocycles. The molecule has 1 aromatic rings. The number of likely N-dealkylation sites (N-methyl/N-ethyl adjacent to an activating group) is 1. The topological polar surface area (TPSA) is 29.3 Å². The van der Waals surface area contributed by atoms with Gasteiger partial charge in [0.25, 0.3) is 0 Å². The third-order valence-electron chi connectivity index (χ3n) is 4.10. The third-order valence-corrected chi connectivity index (χ3v) is 4.10. The summed E-state index contributed by atoms with van der Waals surface area (Å²) in [6.07, 6.45) is 3.75. The minimum absolute atomic E-state index is 0.235. The van der Waals surface area contributed by atoms with Crippen molar-refractivity contribution in [1.29, 1.82) is 0 Å². The molecule has 0 aromatic heterocycles. The maximum Gasteiger partial charge on any atom is 0.128 e. The molecule has 1 atom stereocenters. The van der Waals surface area contributed by atoms with Gasteiger partial charge in [0.1, 0.15) is 11.6 Å². The van der Waals surface area contributed by atoms with Crippen LogP contribution < -0.4 is 5.73 Å². The number of rotatable bonds is 6. The Balaban J connectivity index is 2.17. The zero-order valence-electron chi connectivity index (χ0n) is 11.4. The smallest absolute Gasteiger partial charge is 0.128 e. The van der Waals surface area contributed by atoms with Crippen LogP contribution in [0.25, 0.3) is 0 Å². The predicted molar refractivity (Wildman–Crippen MR) is 72.7 cm³/mol. The quantitative estimate of drug-likeness (QED) is 0.859. The summed E-state index contributed by atoms with van der Waals surface area (Å²) in [5, 5.41) is 0. The summed E-state index contributed by atoms with van der Waals surface area (Å²) < 4.78 is 27.2. The second kappa shape index (κ2) is 6.44. The zero-order valence-corrected chi connectivity index (χ0v) is 11.4. The normalized spacial score (nSPS) is 17.5. The summed E-state index contributed by atoms with van der Waals surface area (Å²) in [6.45, 7) is 4.07. The van der Waals surface area contributed by atoms with Crippen LogP contribution in [0.15, 0.2) is 18.2 Å². The Hall–Kier alpha value is -1.00. The molecule has 0 spiro atoms. The van der Waals surface area contributed by atoms with Gasteiger partial charge in [-0.3, -0.25) is 4.90 Å². The van der Waals surface area contributed by atoms with E-state index in [1.165, 1.54) is 31.4 Å². The summed E-state index contributed by atoms with van der Waals surface area (Å²) in [4.78, 5) is 2.17. The minimum Gasteiger partial charge on any atom is -0.329 e. The molecule has 1 unspecified atom stereocenters. The Morgan fingerprint density at radius 1 is 1.37 bits per heavy atom. The molecule has 1 fully saturated rings. The summed E-state index contributed by atoms with van der Waals surface area (Å²) in [5.74, 6) is -0.0934. The first-order valence-corrected chi connectivity index (χ1v) is 7.04. The third kappa shape index (κ3) is 3.31. The molecule has 1 aliphatic rings. The van der Waals surface area contributed by atoms with E-state index < -0.39 is 5.82 Å². The van der Waals surface area contributed by atoms with E-state index in [4.69, 9.17) is 5.73 Å². The molecule has 0 bridgehead atoms. The lowest BCUT2D eigenvalue weighted by molar-refractivity contribution is 0.139. The molecule has 4 heteroatoms. The number of halogens is 2. The summed E-state index contributed by atoms with van der Waals surface area (Å²) in [5.41, 5.74) is 6.18. The number of hydrogen-bond donors (Lipinski definition) is 1. The molecule has 1 saturated carbocycles. The molecule has 2 N–H and O–H groups in total. The highest BCUT2D eigenvalue weighted by molar-refractivity contribution is 5.23. The van der Waals surface area contributed by atoms with Gasteiger partial charge < -0.3 is 5.73 Å². The number of nitrogens with zero attached hydrogens (tertiary/aromatic N) is 1. The average Bonchev–Trinajstić information content (AvgIpc) is 2.35. The Kier molecular flexibility index (Phi) is 4.88. The van der Waals surface area contributed by atoms with Crippen LogP contribution in [-0.2, 0) is 0 Å². The van der Waals surface area contributed by atoms with E-state index in [1.807, 2.05) is 6.92 Å². The van der Waals surface area contributed by atoms with Crippen molar-refractivity contribution >= 4 is 0 Å². The van der Waals surface area contributed by atoms with Gasteiger partial charge in [0.15, 0.2) is 0 Å². The fourth-order valence-electron chi connectivity index (χ4n) is 2.73. The fourth-order valence-corrected chi connectivity index (χ4v) is 2.73. The zero-order chi connectivity index (χ0) is 13.8. The van der Waals surface area contributed by atoms with Crippen LogP contribution in [-0.4, -0.2) is 24.5 Å². The van der Waals surface area contributed by atoms with E-state index in [1.54, 1.807) is 0 Å². The molecule has 19 heavy (non-hydrogen) atoms. The van der Waals surface area contributed by atoms with Crippen molar-refractivity contribution in [3.8, 4) is 0 Å². The van der Waals surface area contributed by atoms with Gasteiger partial charge in [-0.05, 0) is 43.5 Å². The van der Waals surface area contributed by atoms with Crippen LogP contribution >= 0.6 is 0 Å². The van der Waals surface area contributed by atoms with Gasteiger partial charge in [0.2, 0.25) is 0 Å². The van der Waals surface area contributed by atoms with Gasteiger partial charge in [0.05, 0.1) is 0 Å². The van der Waals surface area contributed by atoms with Crippen molar-refractivity contribution in [3.63, 3.8) is 0 Å². The molecular weight excluding hydrogens is 246 g/mol. The highest BCUT2D eigenvalue weighted by Gasteiger charge is 2.26. The molecule has 106 valence electrons. The summed E-state index contributed by atoms with van der Waals surface area (Å²) in [6, 6.07) is 3.37. The van der Waals surface area contributed by atoms with Gasteiger partial charge in [-0.25, -0.2) is 8.78 Å². The molecule has 0 amide bonds. The average molecular weight is 268 g/mol. The van der Waals surface area contributed by atoms with Crippen LogP contribution in [0.1, 0.15) is 37.8 Å². The Bertz CT molecular complexity index is 419. The van der Waals surface area contributed by atoms with Crippen LogP contribution in [0.4, 0.5) is 8.78 Å². The van der Waals surface area contributed by atoms with E-state index in [0.717, 1.165) is 19.2 Å². The van der Waals surface area contributed by atoms with Crippen molar-refractivity contribution in [2.45, 2.75) is 32.2 Å². The predicted octanol–water partition coefficient (Wildman–Crippen LogP) is 3.09. The first-order valence-electron chi connectivity index (χ1n) is 7.04. The number of benzene rings is 1. The van der Waals surface area contributed by atoms with Crippen LogP contribution in [0.5, 0.6) is 0 Å². The molecule has 0 radical (unpaired) electrons. The van der Waals surface area contributed by atoms with Crippen molar-refractivity contribution < 1.29 is 8.78 Å². The van der Waals surface area contributed by atoms with Crippen molar-refractivity contribution in [2.24, 2.45) is 11.7 Å². The summed E-state index contributed by atoms with van der Waals surface area (Å²) in [7, 11) is 0. The highest BCUT2D eigenvalue weighted by Crippen LogP contribution is 2.31. The van der Waals surface area contributed by atoms with Gasteiger partial charge >= 0.3 is 0 Å². The van der Waals surface area contributed by atoms with Crippen molar-refractivity contribution in [1.82, 2.24) is 4.90 Å². The number of hydrogen-bond acceptors (Lipinski definition) is 2. The lowest BCUT2D eigenvalue weighted by atomic mass is 9.84. The molecular formula is C15H22F2N2. The van der Waals surface area contributed by atoms with E-state index >= 15 is 0 Å². The molecule has 2 rings (SSSR count). The van der Waals surface area contributed by atoms with E-state index in [-0.39, 0.29) is 11.9 Å². The van der Waals surface area contributed by atoms with Crippen LogP contribution in [0.3, 0.4) is 0 Å². The second-order valence-electron chi connectivity index (χ2n) is 5.30. The highest BCUT2D eigenvalue weighted by atomic mass is 19.1. The standard InChI is InChI=1S/C15H22F2N2/c1-2-19(10-11-4-3-5-11)15(9-18)13-8-12(16)6-7-14(13)17/h6-8,11,15H,2-5,9-10,18H2,1H3. The van der Waals surface area contributed by atoms with E-state index in [2.05, 4.69) is 4.90 Å². The molecule has 2 nitrogen and oxygen atoms in total. The van der Waals surface area contributed by atoms with Gasteiger partial charge in [-0.2, -0.15) is 0 Å². The van der Waals surface area contributed by atoms with Crippen molar-refractivity contribution in [2.75, 3.05) is 19.6 Å². The second-order valence-corrected chi connectivity index (χ2v) is 5.30. The van der Waals surface area contributed by atoms with Crippen LogP contribution in [0, 0.1) is 17.6 Å². The molecule has 0 saturated heterocycles. The number of nitrogens with two attached hydrogens (primary N) is 1. The minimum atomic E-state index is -0.408. The molecule has 0 aliphatic heterocycles. The van der Waals surface area contributed by atoms with E-state index in [0.29, 0.717) is 18.0 Å². The Morgan fingerprint density at radius 2 is 2.11 bits per heavy atom. The maximum atomic E-state index is 13.9. The van der Waals surface area contributed by atoms with Gasteiger partial charge in [-0.1, -0.05) is 13.3 Å². The SMILES string of the molecule is CCN(CC1CCC1)C(CN)c1cc(F)ccc1F. The first-order chi connectivity index (χ1) is 9.15. The monoisotopic (exact) mass is 268 g/mol. The summed E-state index contributed by atoms with van der Waals surface area (Å²) >= 11 is 0. The van der Waals surface area contributed by atoms with Crippen molar-refractivity contribution in [3.05, 3.63) is 35.4 Å². The maximum absolute atomic E-state index is 13.9. The first kappa shape index (κ1) is 14.4. The Labute approximate surface area is 113 Å². The van der Waals surface area contributed by atoms with Gasteiger partial charge in [-0.15, -0.1) is 0 Å². The largest absolute Gasteiger partial charge is 0.329 e. The Morgan fingerprint density at radius 3 is 2.63 bits per heavy atom.